The Balaban J connectivity index is 1.68. The number of aryl methyl sites for hydroxylation is 1. The summed E-state index contributed by atoms with van der Waals surface area (Å²) in [6.45, 7) is 0.467. The zero-order valence-corrected chi connectivity index (χ0v) is 11.5. The summed E-state index contributed by atoms with van der Waals surface area (Å²) in [7, 11) is 2.00. The van der Waals surface area contributed by atoms with Crippen molar-refractivity contribution in [3.8, 4) is 5.75 Å². The van der Waals surface area contributed by atoms with Gasteiger partial charge in [0.2, 0.25) is 0 Å². The number of halogens is 1. The first-order valence-corrected chi connectivity index (χ1v) is 6.93. The maximum absolute atomic E-state index is 12.8. The second-order valence-electron chi connectivity index (χ2n) is 5.16. The number of benzene rings is 2. The fraction of sp³-hybridized carbons (Fsp3) is 0.294. The number of hydrogen-bond donors (Lipinski definition) is 1. The van der Waals surface area contributed by atoms with E-state index in [9.17, 15) is 4.39 Å². The maximum atomic E-state index is 12.8. The summed E-state index contributed by atoms with van der Waals surface area (Å²) >= 11 is 0. The fourth-order valence-corrected chi connectivity index (χ4v) is 2.73. The van der Waals surface area contributed by atoms with Crippen molar-refractivity contribution >= 4 is 0 Å². The molecule has 0 amide bonds. The zero-order valence-electron chi connectivity index (χ0n) is 11.5. The predicted octanol–water partition coefficient (Wildman–Crippen LogP) is 3.61. The van der Waals surface area contributed by atoms with Gasteiger partial charge in [-0.3, -0.25) is 0 Å². The summed E-state index contributed by atoms with van der Waals surface area (Å²) in [4.78, 5) is 0. The van der Waals surface area contributed by atoms with Gasteiger partial charge in [0.15, 0.2) is 0 Å². The van der Waals surface area contributed by atoms with Crippen LogP contribution in [0.4, 0.5) is 4.39 Å². The molecule has 1 aliphatic rings. The van der Waals surface area contributed by atoms with Crippen molar-refractivity contribution in [2.75, 3.05) is 7.05 Å². The molecule has 0 saturated heterocycles. The first kappa shape index (κ1) is 13.1. The van der Waals surface area contributed by atoms with Gasteiger partial charge in [0, 0.05) is 6.04 Å². The Labute approximate surface area is 118 Å². The lowest BCUT2D eigenvalue weighted by molar-refractivity contribution is 0.306. The number of rotatable bonds is 4. The minimum absolute atomic E-state index is 0.218. The Morgan fingerprint density at radius 1 is 1.20 bits per heavy atom. The molecule has 0 spiro atoms. The average molecular weight is 271 g/mol. The molecule has 2 aromatic rings. The van der Waals surface area contributed by atoms with Crippen LogP contribution in [0.25, 0.3) is 0 Å². The van der Waals surface area contributed by atoms with E-state index in [-0.39, 0.29) is 5.82 Å². The van der Waals surface area contributed by atoms with Crippen LogP contribution in [0.5, 0.6) is 5.75 Å². The molecule has 0 radical (unpaired) electrons. The maximum Gasteiger partial charge on any atom is 0.123 e. The van der Waals surface area contributed by atoms with Gasteiger partial charge in [-0.2, -0.15) is 0 Å². The monoisotopic (exact) mass is 271 g/mol. The predicted molar refractivity (Wildman–Crippen MR) is 77.3 cm³/mol. The van der Waals surface area contributed by atoms with Gasteiger partial charge < -0.3 is 10.1 Å². The van der Waals surface area contributed by atoms with Crippen LogP contribution in [-0.4, -0.2) is 7.05 Å². The van der Waals surface area contributed by atoms with Crippen LogP contribution in [0.15, 0.2) is 42.5 Å². The summed E-state index contributed by atoms with van der Waals surface area (Å²) in [5.41, 5.74) is 3.71. The van der Waals surface area contributed by atoms with Gasteiger partial charge in [-0.05, 0) is 60.8 Å². The van der Waals surface area contributed by atoms with Crippen LogP contribution in [0.1, 0.15) is 29.2 Å². The highest BCUT2D eigenvalue weighted by Gasteiger charge is 2.20. The van der Waals surface area contributed by atoms with E-state index in [1.54, 1.807) is 12.1 Å². The van der Waals surface area contributed by atoms with Gasteiger partial charge in [-0.1, -0.05) is 18.2 Å². The van der Waals surface area contributed by atoms with Crippen LogP contribution in [0, 0.1) is 5.82 Å². The minimum atomic E-state index is -0.218. The van der Waals surface area contributed by atoms with Crippen LogP contribution < -0.4 is 10.1 Å². The standard InChI is InChI=1S/C17H18FNO/c1-19-17-9-4-13-10-15(7-8-16(13)17)20-11-12-2-5-14(18)6-3-12/h2-3,5-8,10,17,19H,4,9,11H2,1H3. The van der Waals surface area contributed by atoms with Gasteiger partial charge >= 0.3 is 0 Å². The Morgan fingerprint density at radius 2 is 2.00 bits per heavy atom. The van der Waals surface area contributed by atoms with Crippen LogP contribution in [-0.2, 0) is 13.0 Å². The van der Waals surface area contributed by atoms with Gasteiger partial charge in [0.05, 0.1) is 0 Å². The molecule has 2 aromatic carbocycles. The molecule has 0 saturated carbocycles. The van der Waals surface area contributed by atoms with E-state index in [0.717, 1.165) is 24.2 Å². The van der Waals surface area contributed by atoms with Crippen LogP contribution >= 0.6 is 0 Å². The van der Waals surface area contributed by atoms with Crippen molar-refractivity contribution < 1.29 is 9.13 Å². The summed E-state index contributed by atoms with van der Waals surface area (Å²) in [5, 5.41) is 3.33. The fourth-order valence-electron chi connectivity index (χ4n) is 2.73. The number of nitrogens with one attached hydrogen (secondary N) is 1. The van der Waals surface area contributed by atoms with Crippen molar-refractivity contribution in [3.05, 3.63) is 65.0 Å². The number of fused-ring (bicyclic) bond motifs is 1. The molecule has 0 aliphatic heterocycles. The van der Waals surface area contributed by atoms with E-state index in [4.69, 9.17) is 4.74 Å². The van der Waals surface area contributed by atoms with E-state index in [1.165, 1.54) is 23.3 Å². The van der Waals surface area contributed by atoms with Gasteiger partial charge in [-0.25, -0.2) is 4.39 Å². The first-order chi connectivity index (χ1) is 9.76. The molecular formula is C17H18FNO. The normalized spacial score (nSPS) is 17.0. The molecule has 0 aromatic heterocycles. The molecule has 2 nitrogen and oxygen atoms in total. The van der Waals surface area contributed by atoms with Gasteiger partial charge in [0.1, 0.15) is 18.2 Å². The highest BCUT2D eigenvalue weighted by atomic mass is 19.1. The van der Waals surface area contributed by atoms with E-state index < -0.39 is 0 Å². The molecule has 104 valence electrons. The van der Waals surface area contributed by atoms with Crippen molar-refractivity contribution in [1.29, 1.82) is 0 Å². The highest BCUT2D eigenvalue weighted by molar-refractivity contribution is 5.40. The van der Waals surface area contributed by atoms with E-state index >= 15 is 0 Å². The molecule has 0 bridgehead atoms. The Morgan fingerprint density at radius 3 is 2.75 bits per heavy atom. The molecule has 3 rings (SSSR count). The Hall–Kier alpha value is -1.87. The Bertz CT molecular complexity index is 594. The van der Waals surface area contributed by atoms with Gasteiger partial charge in [-0.15, -0.1) is 0 Å². The third-order valence-electron chi connectivity index (χ3n) is 3.86. The summed E-state index contributed by atoms with van der Waals surface area (Å²) in [6.07, 6.45) is 2.24. The molecule has 1 aliphatic carbocycles. The second-order valence-corrected chi connectivity index (χ2v) is 5.16. The molecule has 0 heterocycles. The summed E-state index contributed by atoms with van der Waals surface area (Å²) in [6, 6.07) is 13.2. The van der Waals surface area contributed by atoms with E-state index in [1.807, 2.05) is 13.1 Å². The lowest BCUT2D eigenvalue weighted by atomic mass is 10.1. The smallest absolute Gasteiger partial charge is 0.123 e. The average Bonchev–Trinajstić information content (AvgIpc) is 2.89. The van der Waals surface area contributed by atoms with Crippen LogP contribution in [0.2, 0.25) is 0 Å². The SMILES string of the molecule is CNC1CCc2cc(OCc3ccc(F)cc3)ccc21. The summed E-state index contributed by atoms with van der Waals surface area (Å²) in [5.74, 6) is 0.661. The highest BCUT2D eigenvalue weighted by Crippen LogP contribution is 2.33. The molecular weight excluding hydrogens is 253 g/mol. The van der Waals surface area contributed by atoms with Crippen molar-refractivity contribution in [1.82, 2.24) is 5.32 Å². The van der Waals surface area contributed by atoms with E-state index in [0.29, 0.717) is 12.6 Å². The lowest BCUT2D eigenvalue weighted by Gasteiger charge is -2.11. The second kappa shape index (κ2) is 5.63. The third kappa shape index (κ3) is 2.68. The molecule has 0 fully saturated rings. The molecule has 1 atom stereocenters. The van der Waals surface area contributed by atoms with Crippen molar-refractivity contribution in [2.24, 2.45) is 0 Å². The molecule has 1 unspecified atom stereocenters. The lowest BCUT2D eigenvalue weighted by Crippen LogP contribution is -2.12. The topological polar surface area (TPSA) is 21.3 Å². The molecule has 3 heteroatoms. The van der Waals surface area contributed by atoms with E-state index in [2.05, 4.69) is 17.4 Å². The van der Waals surface area contributed by atoms with Crippen molar-refractivity contribution in [3.63, 3.8) is 0 Å². The number of ether oxygens (including phenoxy) is 1. The quantitative estimate of drug-likeness (QED) is 0.917. The molecule has 20 heavy (non-hydrogen) atoms. The zero-order chi connectivity index (χ0) is 13.9. The number of hydrogen-bond acceptors (Lipinski definition) is 2. The minimum Gasteiger partial charge on any atom is -0.489 e. The Kier molecular flexibility index (Phi) is 3.70. The molecule has 1 N–H and O–H groups in total. The van der Waals surface area contributed by atoms with Gasteiger partial charge in [0.25, 0.3) is 0 Å². The summed E-state index contributed by atoms with van der Waals surface area (Å²) < 4.78 is 18.6. The van der Waals surface area contributed by atoms with Crippen molar-refractivity contribution in [2.45, 2.75) is 25.5 Å². The third-order valence-corrected chi connectivity index (χ3v) is 3.86. The largest absolute Gasteiger partial charge is 0.489 e. The van der Waals surface area contributed by atoms with Crippen LogP contribution in [0.3, 0.4) is 0 Å². The first-order valence-electron chi connectivity index (χ1n) is 6.93.